The van der Waals surface area contributed by atoms with Crippen LogP contribution in [0.3, 0.4) is 0 Å². The van der Waals surface area contributed by atoms with Crippen LogP contribution >= 0.6 is 0 Å². The molecule has 3 N–H and O–H groups in total. The Bertz CT molecular complexity index is 328. The molecular weight excluding hydrogens is 257 g/mol. The van der Waals surface area contributed by atoms with E-state index in [1.165, 1.54) is 0 Å². The highest BCUT2D eigenvalue weighted by molar-refractivity contribution is 5.79. The van der Waals surface area contributed by atoms with Crippen molar-refractivity contribution in [3.8, 4) is 0 Å². The maximum Gasteiger partial charge on any atom is 0.391 e. The first-order chi connectivity index (χ1) is 8.91. The van der Waals surface area contributed by atoms with Gasteiger partial charge in [0.1, 0.15) is 0 Å². The first-order valence-corrected chi connectivity index (χ1v) is 6.99. The SMILES string of the molecule is NCC(NC(=O)C1CCCC(C(F)(F)F)C1)C1CC1. The lowest BCUT2D eigenvalue weighted by molar-refractivity contribution is -0.186. The average molecular weight is 278 g/mol. The summed E-state index contributed by atoms with van der Waals surface area (Å²) in [5.74, 6) is -1.64. The van der Waals surface area contributed by atoms with Crippen LogP contribution in [0.15, 0.2) is 0 Å². The lowest BCUT2D eigenvalue weighted by Crippen LogP contribution is -2.46. The van der Waals surface area contributed by atoms with Crippen molar-refractivity contribution >= 4 is 5.91 Å². The van der Waals surface area contributed by atoms with E-state index in [0.29, 0.717) is 25.3 Å². The van der Waals surface area contributed by atoms with Gasteiger partial charge < -0.3 is 11.1 Å². The van der Waals surface area contributed by atoms with Gasteiger partial charge in [0.05, 0.1) is 5.92 Å². The van der Waals surface area contributed by atoms with Crippen molar-refractivity contribution < 1.29 is 18.0 Å². The molecule has 0 aromatic carbocycles. The summed E-state index contributed by atoms with van der Waals surface area (Å²) in [6.07, 6.45) is -0.967. The maximum atomic E-state index is 12.7. The van der Waals surface area contributed by atoms with Crippen LogP contribution in [0.5, 0.6) is 0 Å². The van der Waals surface area contributed by atoms with Crippen molar-refractivity contribution in [1.82, 2.24) is 5.32 Å². The molecule has 2 aliphatic rings. The Morgan fingerprint density at radius 2 is 1.95 bits per heavy atom. The molecule has 0 saturated heterocycles. The van der Waals surface area contributed by atoms with E-state index in [-0.39, 0.29) is 24.8 Å². The number of nitrogens with two attached hydrogens (primary N) is 1. The molecule has 2 fully saturated rings. The molecule has 0 radical (unpaired) electrons. The molecule has 2 aliphatic carbocycles. The van der Waals surface area contributed by atoms with Gasteiger partial charge in [-0.2, -0.15) is 13.2 Å². The molecule has 3 nitrogen and oxygen atoms in total. The topological polar surface area (TPSA) is 55.1 Å². The highest BCUT2D eigenvalue weighted by Gasteiger charge is 2.44. The second kappa shape index (κ2) is 5.69. The summed E-state index contributed by atoms with van der Waals surface area (Å²) in [6.45, 7) is 0.367. The van der Waals surface area contributed by atoms with E-state index in [9.17, 15) is 18.0 Å². The Morgan fingerprint density at radius 3 is 2.47 bits per heavy atom. The molecule has 0 heterocycles. The number of rotatable bonds is 4. The Morgan fingerprint density at radius 1 is 1.26 bits per heavy atom. The monoisotopic (exact) mass is 278 g/mol. The normalized spacial score (nSPS) is 29.9. The number of amides is 1. The van der Waals surface area contributed by atoms with Gasteiger partial charge in [0.15, 0.2) is 0 Å². The largest absolute Gasteiger partial charge is 0.391 e. The van der Waals surface area contributed by atoms with E-state index in [2.05, 4.69) is 5.32 Å². The Labute approximate surface area is 111 Å². The minimum atomic E-state index is -4.18. The zero-order chi connectivity index (χ0) is 14.0. The zero-order valence-electron chi connectivity index (χ0n) is 10.9. The van der Waals surface area contributed by atoms with Crippen LogP contribution in [-0.4, -0.2) is 24.7 Å². The molecule has 2 saturated carbocycles. The van der Waals surface area contributed by atoms with Crippen LogP contribution < -0.4 is 11.1 Å². The van der Waals surface area contributed by atoms with Crippen molar-refractivity contribution in [1.29, 1.82) is 0 Å². The van der Waals surface area contributed by atoms with Gasteiger partial charge in [0.2, 0.25) is 5.91 Å². The fraction of sp³-hybridized carbons (Fsp3) is 0.923. The third kappa shape index (κ3) is 3.84. The Hall–Kier alpha value is -0.780. The first kappa shape index (κ1) is 14.6. The van der Waals surface area contributed by atoms with Crippen LogP contribution in [0, 0.1) is 17.8 Å². The molecule has 0 aromatic heterocycles. The van der Waals surface area contributed by atoms with Crippen molar-refractivity contribution in [2.75, 3.05) is 6.54 Å². The fourth-order valence-corrected chi connectivity index (χ4v) is 2.89. The lowest BCUT2D eigenvalue weighted by Gasteiger charge is -2.30. The van der Waals surface area contributed by atoms with Crippen molar-refractivity contribution in [2.24, 2.45) is 23.5 Å². The maximum absolute atomic E-state index is 12.7. The van der Waals surface area contributed by atoms with E-state index >= 15 is 0 Å². The number of carbonyl (C=O) groups is 1. The van der Waals surface area contributed by atoms with Gasteiger partial charge in [-0.25, -0.2) is 0 Å². The molecule has 0 spiro atoms. The third-order valence-electron chi connectivity index (χ3n) is 4.28. The molecule has 2 rings (SSSR count). The number of carbonyl (C=O) groups excluding carboxylic acids is 1. The summed E-state index contributed by atoms with van der Waals surface area (Å²) < 4.78 is 38.1. The molecule has 6 heteroatoms. The van der Waals surface area contributed by atoms with Gasteiger partial charge in [0.25, 0.3) is 0 Å². The van der Waals surface area contributed by atoms with Crippen LogP contribution in [0.2, 0.25) is 0 Å². The average Bonchev–Trinajstić information content (AvgIpc) is 3.19. The Kier molecular flexibility index (Phi) is 4.38. The lowest BCUT2D eigenvalue weighted by atomic mass is 9.80. The summed E-state index contributed by atoms with van der Waals surface area (Å²) in [7, 11) is 0. The molecule has 3 atom stereocenters. The molecule has 0 bridgehead atoms. The second-order valence-electron chi connectivity index (χ2n) is 5.79. The summed E-state index contributed by atoms with van der Waals surface area (Å²) >= 11 is 0. The Balaban J connectivity index is 1.87. The second-order valence-corrected chi connectivity index (χ2v) is 5.79. The van der Waals surface area contributed by atoms with Crippen molar-refractivity contribution in [2.45, 2.75) is 50.7 Å². The smallest absolute Gasteiger partial charge is 0.352 e. The summed E-state index contributed by atoms with van der Waals surface area (Å²) in [5, 5.41) is 2.84. The van der Waals surface area contributed by atoms with Gasteiger partial charge >= 0.3 is 6.18 Å². The predicted octanol–water partition coefficient (Wildman–Crippen LogP) is 2.21. The fourth-order valence-electron chi connectivity index (χ4n) is 2.89. The number of halogens is 3. The molecular formula is C13H21F3N2O. The number of hydrogen-bond donors (Lipinski definition) is 2. The van der Waals surface area contributed by atoms with Crippen LogP contribution in [0.25, 0.3) is 0 Å². The molecule has 1 amide bonds. The van der Waals surface area contributed by atoms with Crippen molar-refractivity contribution in [3.05, 3.63) is 0 Å². The number of hydrogen-bond acceptors (Lipinski definition) is 2. The van der Waals surface area contributed by atoms with Crippen LogP contribution in [0.1, 0.15) is 38.5 Å². The van der Waals surface area contributed by atoms with Gasteiger partial charge in [0, 0.05) is 18.5 Å². The van der Waals surface area contributed by atoms with E-state index in [1.807, 2.05) is 0 Å². The molecule has 3 unspecified atom stereocenters. The highest BCUT2D eigenvalue weighted by atomic mass is 19.4. The standard InChI is InChI=1S/C13H21F3N2O/c14-13(15,16)10-3-1-2-9(6-10)12(19)18-11(7-17)8-4-5-8/h8-11H,1-7,17H2,(H,18,19). The van der Waals surface area contributed by atoms with Crippen LogP contribution in [0.4, 0.5) is 13.2 Å². The summed E-state index contributed by atoms with van der Waals surface area (Å²) in [5.41, 5.74) is 5.59. The van der Waals surface area contributed by atoms with E-state index in [4.69, 9.17) is 5.73 Å². The van der Waals surface area contributed by atoms with Gasteiger partial charge in [-0.3, -0.25) is 4.79 Å². The van der Waals surface area contributed by atoms with E-state index < -0.39 is 18.0 Å². The minimum absolute atomic E-state index is 0.0567. The van der Waals surface area contributed by atoms with Gasteiger partial charge in [-0.1, -0.05) is 6.42 Å². The molecule has 19 heavy (non-hydrogen) atoms. The minimum Gasteiger partial charge on any atom is -0.352 e. The number of nitrogens with one attached hydrogen (secondary N) is 1. The summed E-state index contributed by atoms with van der Waals surface area (Å²) in [4.78, 5) is 12.0. The van der Waals surface area contributed by atoms with Gasteiger partial charge in [-0.05, 0) is 38.0 Å². The highest BCUT2D eigenvalue weighted by Crippen LogP contribution is 2.40. The third-order valence-corrected chi connectivity index (χ3v) is 4.28. The van der Waals surface area contributed by atoms with E-state index in [0.717, 1.165) is 12.8 Å². The zero-order valence-corrected chi connectivity index (χ0v) is 10.9. The predicted molar refractivity (Wildman–Crippen MR) is 65.2 cm³/mol. The van der Waals surface area contributed by atoms with E-state index in [1.54, 1.807) is 0 Å². The van der Waals surface area contributed by atoms with Crippen LogP contribution in [-0.2, 0) is 4.79 Å². The first-order valence-electron chi connectivity index (χ1n) is 6.99. The quantitative estimate of drug-likeness (QED) is 0.828. The van der Waals surface area contributed by atoms with Gasteiger partial charge in [-0.15, -0.1) is 0 Å². The summed E-state index contributed by atoms with van der Waals surface area (Å²) in [6, 6.07) is -0.0567. The molecule has 0 aromatic rings. The van der Waals surface area contributed by atoms with Crippen molar-refractivity contribution in [3.63, 3.8) is 0 Å². The molecule has 110 valence electrons. The number of alkyl halides is 3. The molecule has 0 aliphatic heterocycles.